The van der Waals surface area contributed by atoms with Crippen LogP contribution in [0.25, 0.3) is 11.1 Å². The van der Waals surface area contributed by atoms with Crippen molar-refractivity contribution in [3.63, 3.8) is 0 Å². The van der Waals surface area contributed by atoms with Crippen molar-refractivity contribution in [2.45, 2.75) is 39.3 Å². The lowest BCUT2D eigenvalue weighted by atomic mass is 10.1. The van der Waals surface area contributed by atoms with Crippen LogP contribution in [-0.2, 0) is 16.1 Å². The molecule has 2 aromatic heterocycles. The van der Waals surface area contributed by atoms with Crippen molar-refractivity contribution >= 4 is 63.8 Å². The second-order valence-electron chi connectivity index (χ2n) is 9.51. The predicted molar refractivity (Wildman–Crippen MR) is 157 cm³/mol. The third kappa shape index (κ3) is 6.75. The predicted octanol–water partition coefficient (Wildman–Crippen LogP) is 4.52. The molecule has 0 saturated carbocycles. The van der Waals surface area contributed by atoms with Gasteiger partial charge in [-0.15, -0.1) is 0 Å². The Labute approximate surface area is 241 Å². The molecule has 40 heavy (non-hydrogen) atoms. The van der Waals surface area contributed by atoms with Gasteiger partial charge in [0.1, 0.15) is 11.6 Å². The monoisotopic (exact) mass is 588 g/mol. The van der Waals surface area contributed by atoms with Gasteiger partial charge in [0.05, 0.1) is 15.6 Å². The second-order valence-corrected chi connectivity index (χ2v) is 10.4. The number of nitro groups is 1. The van der Waals surface area contributed by atoms with Crippen molar-refractivity contribution in [1.29, 1.82) is 0 Å². The van der Waals surface area contributed by atoms with Crippen LogP contribution in [0.15, 0.2) is 36.5 Å². The second kappa shape index (κ2) is 12.4. The van der Waals surface area contributed by atoms with Gasteiger partial charge in [-0.2, -0.15) is 0 Å². The molecule has 12 nitrogen and oxygen atoms in total. The highest BCUT2D eigenvalue weighted by atomic mass is 35.5. The molecule has 1 atom stereocenters. The number of nitrogens with zero attached hydrogens (tertiary/aromatic N) is 4. The van der Waals surface area contributed by atoms with E-state index in [1.807, 2.05) is 12.3 Å². The standard InChI is InChI=1S/C26H30Cl2N8O4/c1-15(37)31-18-8-11-35(13-18)26-24(32-16(2)38)20(19-5-4-17(27)12-21(19)28)14-34(26)10-3-9-30-23-7-6-22(36(39)40)25(29)33-23/h4-7,12,14,18H,3,8-11,13H2,1-2H3,(H,31,37)(H,32,38)(H3,29,30,33)/t18-/m0/s1. The summed E-state index contributed by atoms with van der Waals surface area (Å²) in [5, 5.41) is 21.1. The van der Waals surface area contributed by atoms with E-state index < -0.39 is 4.92 Å². The highest BCUT2D eigenvalue weighted by molar-refractivity contribution is 6.36. The van der Waals surface area contributed by atoms with Crippen LogP contribution >= 0.6 is 23.2 Å². The van der Waals surface area contributed by atoms with Gasteiger partial charge < -0.3 is 31.2 Å². The molecule has 0 aliphatic carbocycles. The van der Waals surface area contributed by atoms with Gasteiger partial charge in [-0.1, -0.05) is 29.3 Å². The maximum atomic E-state index is 12.3. The van der Waals surface area contributed by atoms with E-state index in [4.69, 9.17) is 28.9 Å². The molecule has 3 aromatic rings. The average molecular weight is 589 g/mol. The van der Waals surface area contributed by atoms with Crippen LogP contribution in [0.5, 0.6) is 0 Å². The van der Waals surface area contributed by atoms with Gasteiger partial charge in [-0.05, 0) is 31.0 Å². The first-order chi connectivity index (χ1) is 19.0. The zero-order valence-electron chi connectivity index (χ0n) is 22.0. The smallest absolute Gasteiger partial charge is 0.311 e. The van der Waals surface area contributed by atoms with E-state index in [-0.39, 0.29) is 29.4 Å². The summed E-state index contributed by atoms with van der Waals surface area (Å²) in [6, 6.07) is 8.02. The van der Waals surface area contributed by atoms with Crippen molar-refractivity contribution in [3.05, 3.63) is 56.7 Å². The normalized spacial score (nSPS) is 14.7. The van der Waals surface area contributed by atoms with Crippen LogP contribution in [0, 0.1) is 10.1 Å². The molecule has 1 aliphatic heterocycles. The number of halogens is 2. The molecule has 1 fully saturated rings. The minimum Gasteiger partial charge on any atom is -0.378 e. The Morgan fingerprint density at radius 3 is 2.60 bits per heavy atom. The zero-order chi connectivity index (χ0) is 29.0. The van der Waals surface area contributed by atoms with Crippen molar-refractivity contribution in [3.8, 4) is 11.1 Å². The molecule has 1 aliphatic rings. The molecule has 0 radical (unpaired) electrons. The van der Waals surface area contributed by atoms with Crippen molar-refractivity contribution in [1.82, 2.24) is 14.9 Å². The maximum absolute atomic E-state index is 12.3. The fourth-order valence-corrected chi connectivity index (χ4v) is 5.32. The minimum absolute atomic E-state index is 0.0195. The number of hydrogen-bond acceptors (Lipinski definition) is 8. The largest absolute Gasteiger partial charge is 0.378 e. The number of amides is 2. The SMILES string of the molecule is CC(=O)Nc1c(-c2ccc(Cl)cc2Cl)cn(CCCNc2ccc([N+](=O)[O-])c(N)n2)c1N1CC[C@H](NC(C)=O)C1. The number of carbonyl (C=O) groups is 2. The molecule has 3 heterocycles. The van der Waals surface area contributed by atoms with E-state index in [0.29, 0.717) is 54.2 Å². The van der Waals surface area contributed by atoms with E-state index in [1.165, 1.54) is 26.0 Å². The zero-order valence-corrected chi connectivity index (χ0v) is 23.6. The number of nitrogens with two attached hydrogens (primary N) is 1. The summed E-state index contributed by atoms with van der Waals surface area (Å²) in [6.45, 7) is 5.26. The summed E-state index contributed by atoms with van der Waals surface area (Å²) in [5.41, 5.74) is 7.54. The number of rotatable bonds is 10. The molecule has 4 rings (SSSR count). The molecule has 0 spiro atoms. The molecule has 1 saturated heterocycles. The number of anilines is 4. The highest BCUT2D eigenvalue weighted by Gasteiger charge is 2.30. The molecule has 0 bridgehead atoms. The maximum Gasteiger partial charge on any atom is 0.311 e. The Hall–Kier alpha value is -4.03. The number of nitrogens with one attached hydrogen (secondary N) is 3. The number of carbonyl (C=O) groups excluding carboxylic acids is 2. The Balaban J connectivity index is 1.63. The van der Waals surface area contributed by atoms with Crippen molar-refractivity contribution in [2.24, 2.45) is 0 Å². The quantitative estimate of drug-likeness (QED) is 0.153. The Morgan fingerprint density at radius 2 is 1.95 bits per heavy atom. The highest BCUT2D eigenvalue weighted by Crippen LogP contribution is 2.43. The first-order valence-electron chi connectivity index (χ1n) is 12.7. The van der Waals surface area contributed by atoms with Crippen LogP contribution < -0.4 is 26.6 Å². The molecule has 14 heteroatoms. The van der Waals surface area contributed by atoms with Crippen molar-refractivity contribution < 1.29 is 14.5 Å². The van der Waals surface area contributed by atoms with Gasteiger partial charge in [0.25, 0.3) is 0 Å². The fourth-order valence-electron chi connectivity index (χ4n) is 4.81. The molecule has 5 N–H and O–H groups in total. The molecular formula is C26H30Cl2N8O4. The number of pyridine rings is 1. The Morgan fingerprint density at radius 1 is 1.18 bits per heavy atom. The van der Waals surface area contributed by atoms with E-state index in [9.17, 15) is 19.7 Å². The fraction of sp³-hybridized carbons (Fsp3) is 0.346. The van der Waals surface area contributed by atoms with Crippen LogP contribution in [0.2, 0.25) is 10.0 Å². The van der Waals surface area contributed by atoms with Crippen LogP contribution in [0.1, 0.15) is 26.7 Å². The van der Waals surface area contributed by atoms with Gasteiger partial charge in [0, 0.05) is 74.5 Å². The summed E-state index contributed by atoms with van der Waals surface area (Å²) < 4.78 is 2.06. The average Bonchev–Trinajstić information content (AvgIpc) is 3.45. The molecule has 212 valence electrons. The first kappa shape index (κ1) is 29.0. The molecule has 1 aromatic carbocycles. The van der Waals surface area contributed by atoms with E-state index in [0.717, 1.165) is 23.4 Å². The van der Waals surface area contributed by atoms with Crippen LogP contribution in [-0.4, -0.2) is 52.0 Å². The number of aryl methyl sites for hydroxylation is 1. The topological polar surface area (TPSA) is 160 Å². The van der Waals surface area contributed by atoms with Gasteiger partial charge in [0.15, 0.2) is 0 Å². The lowest BCUT2D eigenvalue weighted by molar-refractivity contribution is -0.384. The van der Waals surface area contributed by atoms with Crippen LogP contribution in [0.3, 0.4) is 0 Å². The number of nitrogen functional groups attached to an aromatic ring is 1. The minimum atomic E-state index is -0.578. The molecule has 0 unspecified atom stereocenters. The van der Waals surface area contributed by atoms with E-state index >= 15 is 0 Å². The summed E-state index contributed by atoms with van der Waals surface area (Å²) in [6.07, 6.45) is 3.36. The lowest BCUT2D eigenvalue weighted by Gasteiger charge is -2.23. The Kier molecular flexibility index (Phi) is 9.00. The van der Waals surface area contributed by atoms with Gasteiger partial charge in [-0.3, -0.25) is 19.7 Å². The number of benzene rings is 1. The summed E-state index contributed by atoms with van der Waals surface area (Å²) in [7, 11) is 0. The molecular weight excluding hydrogens is 559 g/mol. The summed E-state index contributed by atoms with van der Waals surface area (Å²) in [4.78, 5) is 40.6. The molecule has 2 amide bonds. The third-order valence-corrected chi connectivity index (χ3v) is 7.00. The van der Waals surface area contributed by atoms with Crippen molar-refractivity contribution in [2.75, 3.05) is 40.9 Å². The third-order valence-electron chi connectivity index (χ3n) is 6.45. The number of aromatic nitrogens is 2. The Bertz CT molecular complexity index is 1440. The van der Waals surface area contributed by atoms with Crippen LogP contribution in [0.4, 0.5) is 28.8 Å². The lowest BCUT2D eigenvalue weighted by Crippen LogP contribution is -2.36. The van der Waals surface area contributed by atoms with Gasteiger partial charge >= 0.3 is 5.69 Å². The van der Waals surface area contributed by atoms with E-state index in [1.54, 1.807) is 12.1 Å². The van der Waals surface area contributed by atoms with Gasteiger partial charge in [-0.25, -0.2) is 4.98 Å². The summed E-state index contributed by atoms with van der Waals surface area (Å²) in [5.74, 6) is 0.758. The van der Waals surface area contributed by atoms with E-state index in [2.05, 4.69) is 30.4 Å². The van der Waals surface area contributed by atoms with Gasteiger partial charge in [0.2, 0.25) is 17.6 Å². The summed E-state index contributed by atoms with van der Waals surface area (Å²) >= 11 is 12.7. The first-order valence-corrected chi connectivity index (χ1v) is 13.4. The number of hydrogen-bond donors (Lipinski definition) is 4.